The highest BCUT2D eigenvalue weighted by molar-refractivity contribution is 5.94. The molecule has 2 heterocycles. The van der Waals surface area contributed by atoms with Gasteiger partial charge < -0.3 is 14.5 Å². The number of benzene rings is 1. The summed E-state index contributed by atoms with van der Waals surface area (Å²) in [7, 11) is 0. The average Bonchev–Trinajstić information content (AvgIpc) is 2.70. The number of hydrogen-bond donors (Lipinski definition) is 0. The molecule has 6 heteroatoms. The molecular formula is C21H25N3O3. The molecule has 27 heavy (non-hydrogen) atoms. The maximum Gasteiger partial charge on any atom is 0.356 e. The predicted octanol–water partition coefficient (Wildman–Crippen LogP) is 2.84. The molecule has 1 aromatic carbocycles. The first-order valence-electron chi connectivity index (χ1n) is 9.26. The van der Waals surface area contributed by atoms with Gasteiger partial charge >= 0.3 is 5.97 Å². The molecule has 1 aliphatic rings. The third-order valence-corrected chi connectivity index (χ3v) is 4.94. The number of piperazine rings is 1. The minimum atomic E-state index is -0.508. The summed E-state index contributed by atoms with van der Waals surface area (Å²) < 4.78 is 4.96. The summed E-state index contributed by atoms with van der Waals surface area (Å²) in [5.74, 6) is -0.659. The van der Waals surface area contributed by atoms with Crippen molar-refractivity contribution in [1.82, 2.24) is 9.88 Å². The van der Waals surface area contributed by atoms with E-state index in [9.17, 15) is 9.59 Å². The molecule has 1 aliphatic heterocycles. The Morgan fingerprint density at radius 1 is 1.00 bits per heavy atom. The third-order valence-electron chi connectivity index (χ3n) is 4.94. The average molecular weight is 367 g/mol. The molecule has 1 amide bonds. The number of aromatic nitrogens is 1. The summed E-state index contributed by atoms with van der Waals surface area (Å²) in [4.78, 5) is 32.9. The van der Waals surface area contributed by atoms with Crippen LogP contribution in [-0.4, -0.2) is 54.5 Å². The lowest BCUT2D eigenvalue weighted by Gasteiger charge is -2.37. The summed E-state index contributed by atoms with van der Waals surface area (Å²) in [5, 5.41) is 0. The zero-order valence-electron chi connectivity index (χ0n) is 16.1. The number of carbonyl (C=O) groups excluding carboxylic acids is 2. The van der Waals surface area contributed by atoms with E-state index in [0.29, 0.717) is 13.1 Å². The predicted molar refractivity (Wildman–Crippen MR) is 104 cm³/mol. The van der Waals surface area contributed by atoms with Crippen LogP contribution in [0.4, 0.5) is 5.69 Å². The van der Waals surface area contributed by atoms with Gasteiger partial charge in [-0.25, -0.2) is 9.78 Å². The van der Waals surface area contributed by atoms with Crippen LogP contribution < -0.4 is 4.90 Å². The van der Waals surface area contributed by atoms with E-state index in [1.165, 1.54) is 16.8 Å². The van der Waals surface area contributed by atoms with Crippen molar-refractivity contribution in [3.8, 4) is 0 Å². The number of hydrogen-bond acceptors (Lipinski definition) is 5. The van der Waals surface area contributed by atoms with Crippen LogP contribution in [0.5, 0.6) is 0 Å². The number of ether oxygens (including phenoxy) is 1. The molecule has 0 spiro atoms. The molecule has 2 aromatic rings. The minimum Gasteiger partial charge on any atom is -0.461 e. The molecule has 6 nitrogen and oxygen atoms in total. The van der Waals surface area contributed by atoms with Crippen LogP contribution in [0.3, 0.4) is 0 Å². The van der Waals surface area contributed by atoms with E-state index in [-0.39, 0.29) is 23.9 Å². The minimum absolute atomic E-state index is 0.151. The van der Waals surface area contributed by atoms with Gasteiger partial charge in [-0.05, 0) is 50.1 Å². The van der Waals surface area contributed by atoms with Gasteiger partial charge in [0.05, 0.1) is 6.61 Å². The van der Waals surface area contributed by atoms with E-state index in [2.05, 4.69) is 41.9 Å². The van der Waals surface area contributed by atoms with Crippen LogP contribution in [0.1, 0.15) is 39.0 Å². The van der Waals surface area contributed by atoms with E-state index >= 15 is 0 Å². The Morgan fingerprint density at radius 2 is 1.67 bits per heavy atom. The van der Waals surface area contributed by atoms with Crippen LogP contribution >= 0.6 is 0 Å². The number of pyridine rings is 1. The van der Waals surface area contributed by atoms with E-state index in [4.69, 9.17) is 4.74 Å². The molecule has 0 atom stereocenters. The van der Waals surface area contributed by atoms with Gasteiger partial charge in [0.25, 0.3) is 5.91 Å². The number of aryl methyl sites for hydroxylation is 1. The van der Waals surface area contributed by atoms with Gasteiger partial charge in [0.1, 0.15) is 11.4 Å². The molecule has 1 saturated heterocycles. The Labute approximate surface area is 159 Å². The van der Waals surface area contributed by atoms with Crippen LogP contribution in [0, 0.1) is 13.8 Å². The Balaban J connectivity index is 1.67. The number of carbonyl (C=O) groups is 2. The second-order valence-electron chi connectivity index (χ2n) is 6.63. The van der Waals surface area contributed by atoms with Crippen molar-refractivity contribution in [3.05, 3.63) is 58.9 Å². The Hall–Kier alpha value is -2.89. The summed E-state index contributed by atoms with van der Waals surface area (Å²) in [5.41, 5.74) is 4.22. The van der Waals surface area contributed by atoms with E-state index < -0.39 is 5.97 Å². The molecule has 1 fully saturated rings. The maximum absolute atomic E-state index is 12.8. The van der Waals surface area contributed by atoms with Gasteiger partial charge in [-0.15, -0.1) is 0 Å². The van der Waals surface area contributed by atoms with Gasteiger partial charge in [-0.1, -0.05) is 18.2 Å². The van der Waals surface area contributed by atoms with Gasteiger partial charge in [-0.2, -0.15) is 0 Å². The summed E-state index contributed by atoms with van der Waals surface area (Å²) in [6.07, 6.45) is 0. The van der Waals surface area contributed by atoms with Gasteiger partial charge in [0, 0.05) is 31.9 Å². The lowest BCUT2D eigenvalue weighted by Crippen LogP contribution is -2.49. The number of nitrogens with zero attached hydrogens (tertiary/aromatic N) is 3. The fourth-order valence-electron chi connectivity index (χ4n) is 3.26. The Kier molecular flexibility index (Phi) is 5.74. The highest BCUT2D eigenvalue weighted by Gasteiger charge is 2.24. The summed E-state index contributed by atoms with van der Waals surface area (Å²) in [6, 6.07) is 11.2. The number of esters is 1. The van der Waals surface area contributed by atoms with Crippen molar-refractivity contribution in [2.45, 2.75) is 20.8 Å². The topological polar surface area (TPSA) is 62.7 Å². The largest absolute Gasteiger partial charge is 0.461 e. The highest BCUT2D eigenvalue weighted by Crippen LogP contribution is 2.24. The monoisotopic (exact) mass is 367 g/mol. The summed E-state index contributed by atoms with van der Waals surface area (Å²) >= 11 is 0. The molecule has 0 N–H and O–H groups in total. The second-order valence-corrected chi connectivity index (χ2v) is 6.63. The number of anilines is 1. The quantitative estimate of drug-likeness (QED) is 0.778. The van der Waals surface area contributed by atoms with Gasteiger partial charge in [0.15, 0.2) is 0 Å². The molecule has 3 rings (SSSR count). The van der Waals surface area contributed by atoms with Crippen molar-refractivity contribution >= 4 is 17.6 Å². The smallest absolute Gasteiger partial charge is 0.356 e. The molecule has 0 aliphatic carbocycles. The van der Waals surface area contributed by atoms with Crippen LogP contribution in [-0.2, 0) is 4.74 Å². The normalized spacial score (nSPS) is 14.2. The van der Waals surface area contributed by atoms with Crippen molar-refractivity contribution in [1.29, 1.82) is 0 Å². The standard InChI is InChI=1S/C21H25N3O3/c1-4-27-21(26)18-9-6-8-17(22-18)20(25)24-13-11-23(12-14-24)19-10-5-7-15(2)16(19)3/h5-10H,4,11-14H2,1-3H3. The molecule has 0 unspecified atom stereocenters. The van der Waals surface area contributed by atoms with Gasteiger partial charge in [-0.3, -0.25) is 4.79 Å². The zero-order chi connectivity index (χ0) is 19.4. The first kappa shape index (κ1) is 18.9. The lowest BCUT2D eigenvalue weighted by atomic mass is 10.1. The van der Waals surface area contributed by atoms with Crippen LogP contribution in [0.2, 0.25) is 0 Å². The van der Waals surface area contributed by atoms with Crippen molar-refractivity contribution in [2.24, 2.45) is 0 Å². The van der Waals surface area contributed by atoms with Gasteiger partial charge in [0.2, 0.25) is 0 Å². The highest BCUT2D eigenvalue weighted by atomic mass is 16.5. The van der Waals surface area contributed by atoms with Crippen molar-refractivity contribution in [2.75, 3.05) is 37.7 Å². The zero-order valence-corrected chi connectivity index (χ0v) is 16.1. The van der Waals surface area contributed by atoms with Crippen LogP contribution in [0.15, 0.2) is 36.4 Å². The Bertz CT molecular complexity index is 842. The maximum atomic E-state index is 12.8. The van der Waals surface area contributed by atoms with E-state index in [1.54, 1.807) is 30.0 Å². The van der Waals surface area contributed by atoms with E-state index in [1.807, 2.05) is 0 Å². The van der Waals surface area contributed by atoms with E-state index in [0.717, 1.165) is 13.1 Å². The van der Waals surface area contributed by atoms with Crippen molar-refractivity contribution in [3.63, 3.8) is 0 Å². The summed E-state index contributed by atoms with van der Waals surface area (Å²) in [6.45, 7) is 9.05. The number of rotatable bonds is 4. The third kappa shape index (κ3) is 4.10. The SMILES string of the molecule is CCOC(=O)c1cccc(C(=O)N2CCN(c3cccc(C)c3C)CC2)n1. The molecule has 1 aromatic heterocycles. The first-order chi connectivity index (χ1) is 13.0. The number of amides is 1. The Morgan fingerprint density at radius 3 is 2.37 bits per heavy atom. The first-order valence-corrected chi connectivity index (χ1v) is 9.26. The fourth-order valence-corrected chi connectivity index (χ4v) is 3.26. The fraction of sp³-hybridized carbons (Fsp3) is 0.381. The lowest BCUT2D eigenvalue weighted by molar-refractivity contribution is 0.0519. The molecule has 0 bridgehead atoms. The molecule has 0 saturated carbocycles. The molecule has 0 radical (unpaired) electrons. The van der Waals surface area contributed by atoms with Crippen molar-refractivity contribution < 1.29 is 14.3 Å². The van der Waals surface area contributed by atoms with Crippen LogP contribution in [0.25, 0.3) is 0 Å². The second kappa shape index (κ2) is 8.20. The molecule has 142 valence electrons. The molecular weight excluding hydrogens is 342 g/mol.